The lowest BCUT2D eigenvalue weighted by Gasteiger charge is -2.09. The number of hydrogen-bond donors (Lipinski definition) is 2. The zero-order valence-corrected chi connectivity index (χ0v) is 14.6. The minimum atomic E-state index is -0.563. The van der Waals surface area contributed by atoms with Gasteiger partial charge in [-0.25, -0.2) is 0 Å². The number of carbonyl (C=O) groups excluding carboxylic acids is 2. The quantitative estimate of drug-likeness (QED) is 0.765. The smallest absolute Gasteiger partial charge is 0.271 e. The highest BCUT2D eigenvalue weighted by molar-refractivity contribution is 6.35. The normalized spacial score (nSPS) is 10.1. The van der Waals surface area contributed by atoms with Crippen molar-refractivity contribution >= 4 is 46.6 Å². The summed E-state index contributed by atoms with van der Waals surface area (Å²) in [6, 6.07) is 11.3. The van der Waals surface area contributed by atoms with Crippen LogP contribution in [0.15, 0.2) is 42.5 Å². The monoisotopic (exact) mass is 386 g/mol. The summed E-state index contributed by atoms with van der Waals surface area (Å²) in [7, 11) is 0. The number of hydrogen-bond acceptors (Lipinski definition) is 3. The standard InChI is InChI=1S/C16H13Cl3N2O3/c17-10-2-1-3-12(8-10)24-7-6-15(22)20-21-16(23)13-9-11(18)4-5-14(13)19/h1-5,8-9H,6-7H2,(H,20,22)(H,21,23). The van der Waals surface area contributed by atoms with Gasteiger partial charge in [0, 0.05) is 10.0 Å². The average molecular weight is 388 g/mol. The van der Waals surface area contributed by atoms with Gasteiger partial charge < -0.3 is 4.74 Å². The van der Waals surface area contributed by atoms with Crippen LogP contribution in [0.3, 0.4) is 0 Å². The van der Waals surface area contributed by atoms with Gasteiger partial charge in [-0.3, -0.25) is 20.4 Å². The molecule has 0 saturated carbocycles. The number of nitrogens with one attached hydrogen (secondary N) is 2. The van der Waals surface area contributed by atoms with E-state index in [-0.39, 0.29) is 23.6 Å². The molecule has 0 spiro atoms. The molecular formula is C16H13Cl3N2O3. The van der Waals surface area contributed by atoms with E-state index in [1.165, 1.54) is 12.1 Å². The molecule has 0 saturated heterocycles. The number of rotatable bonds is 5. The molecule has 0 atom stereocenters. The summed E-state index contributed by atoms with van der Waals surface area (Å²) in [5.74, 6) is -0.416. The molecule has 0 radical (unpaired) electrons. The molecule has 0 heterocycles. The topological polar surface area (TPSA) is 67.4 Å². The highest BCUT2D eigenvalue weighted by Crippen LogP contribution is 2.20. The first-order chi connectivity index (χ1) is 11.5. The molecule has 0 unspecified atom stereocenters. The Kier molecular flexibility index (Phi) is 6.73. The summed E-state index contributed by atoms with van der Waals surface area (Å²) < 4.78 is 5.39. The number of hydrazine groups is 1. The maximum Gasteiger partial charge on any atom is 0.271 e. The van der Waals surface area contributed by atoms with Crippen molar-refractivity contribution in [2.24, 2.45) is 0 Å². The van der Waals surface area contributed by atoms with Crippen LogP contribution in [-0.4, -0.2) is 18.4 Å². The Balaban J connectivity index is 1.76. The molecule has 2 rings (SSSR count). The van der Waals surface area contributed by atoms with Crippen molar-refractivity contribution in [1.82, 2.24) is 10.9 Å². The van der Waals surface area contributed by atoms with Crippen LogP contribution in [0.4, 0.5) is 0 Å². The molecule has 0 aliphatic rings. The second-order valence-corrected chi connectivity index (χ2v) is 5.96. The molecule has 5 nitrogen and oxygen atoms in total. The fourth-order valence-electron chi connectivity index (χ4n) is 1.75. The van der Waals surface area contributed by atoms with Crippen molar-refractivity contribution in [2.45, 2.75) is 6.42 Å². The van der Waals surface area contributed by atoms with Crippen LogP contribution in [0.2, 0.25) is 15.1 Å². The number of carbonyl (C=O) groups is 2. The summed E-state index contributed by atoms with van der Waals surface area (Å²) in [5.41, 5.74) is 4.71. The van der Waals surface area contributed by atoms with Crippen LogP contribution in [0.5, 0.6) is 5.75 Å². The Hall–Kier alpha value is -1.95. The number of amides is 2. The van der Waals surface area contributed by atoms with Crippen molar-refractivity contribution < 1.29 is 14.3 Å². The minimum Gasteiger partial charge on any atom is -0.493 e. The first-order valence-corrected chi connectivity index (χ1v) is 8.01. The van der Waals surface area contributed by atoms with Gasteiger partial charge in [-0.15, -0.1) is 0 Å². The first-order valence-electron chi connectivity index (χ1n) is 6.88. The Morgan fingerprint density at radius 3 is 2.46 bits per heavy atom. The Morgan fingerprint density at radius 1 is 0.958 bits per heavy atom. The number of ether oxygens (including phenoxy) is 1. The number of halogens is 3. The van der Waals surface area contributed by atoms with Gasteiger partial charge in [-0.1, -0.05) is 40.9 Å². The lowest BCUT2D eigenvalue weighted by atomic mass is 10.2. The fourth-order valence-corrected chi connectivity index (χ4v) is 2.30. The molecule has 126 valence electrons. The third kappa shape index (κ3) is 5.60. The average Bonchev–Trinajstić information content (AvgIpc) is 2.55. The molecule has 2 N–H and O–H groups in total. The molecule has 2 aromatic rings. The molecule has 2 aromatic carbocycles. The maximum absolute atomic E-state index is 11.9. The largest absolute Gasteiger partial charge is 0.493 e. The Morgan fingerprint density at radius 2 is 1.71 bits per heavy atom. The van der Waals surface area contributed by atoms with E-state index in [9.17, 15) is 9.59 Å². The highest BCUT2D eigenvalue weighted by Gasteiger charge is 2.12. The van der Waals surface area contributed by atoms with Gasteiger partial charge in [0.25, 0.3) is 5.91 Å². The predicted molar refractivity (Wildman–Crippen MR) is 93.6 cm³/mol. The van der Waals surface area contributed by atoms with Crippen LogP contribution in [-0.2, 0) is 4.79 Å². The van der Waals surface area contributed by atoms with Crippen molar-refractivity contribution in [1.29, 1.82) is 0 Å². The molecule has 0 aliphatic carbocycles. The molecule has 2 amide bonds. The molecular weight excluding hydrogens is 375 g/mol. The van der Waals surface area contributed by atoms with E-state index < -0.39 is 11.8 Å². The second-order valence-electron chi connectivity index (χ2n) is 4.68. The van der Waals surface area contributed by atoms with Gasteiger partial charge in [-0.05, 0) is 36.4 Å². The van der Waals surface area contributed by atoms with Crippen LogP contribution >= 0.6 is 34.8 Å². The van der Waals surface area contributed by atoms with Crippen molar-refractivity contribution in [3.05, 3.63) is 63.1 Å². The van der Waals surface area contributed by atoms with E-state index in [2.05, 4.69) is 10.9 Å². The van der Waals surface area contributed by atoms with Crippen LogP contribution in [0.25, 0.3) is 0 Å². The lowest BCUT2D eigenvalue weighted by Crippen LogP contribution is -2.42. The zero-order chi connectivity index (χ0) is 17.5. The number of benzene rings is 2. The SMILES string of the molecule is O=C(CCOc1cccc(Cl)c1)NNC(=O)c1cc(Cl)ccc1Cl. The molecule has 0 fully saturated rings. The summed E-state index contributed by atoms with van der Waals surface area (Å²) in [6.07, 6.45) is 0.0517. The van der Waals surface area contributed by atoms with Gasteiger partial charge in [0.15, 0.2) is 0 Å². The van der Waals surface area contributed by atoms with E-state index in [4.69, 9.17) is 39.5 Å². The first kappa shape index (κ1) is 18.4. The minimum absolute atomic E-state index is 0.0517. The van der Waals surface area contributed by atoms with E-state index in [0.29, 0.717) is 15.8 Å². The molecule has 24 heavy (non-hydrogen) atoms. The molecule has 0 bridgehead atoms. The highest BCUT2D eigenvalue weighted by atomic mass is 35.5. The van der Waals surface area contributed by atoms with Gasteiger partial charge >= 0.3 is 0 Å². The van der Waals surface area contributed by atoms with Gasteiger partial charge in [0.1, 0.15) is 5.75 Å². The summed E-state index contributed by atoms with van der Waals surface area (Å²) >= 11 is 17.5. The Labute approximate surface area is 153 Å². The van der Waals surface area contributed by atoms with Gasteiger partial charge in [0.2, 0.25) is 5.91 Å². The predicted octanol–water partition coefficient (Wildman–Crippen LogP) is 3.88. The van der Waals surface area contributed by atoms with E-state index >= 15 is 0 Å². The van der Waals surface area contributed by atoms with Crippen molar-refractivity contribution in [3.63, 3.8) is 0 Å². The maximum atomic E-state index is 11.9. The van der Waals surface area contributed by atoms with Crippen molar-refractivity contribution in [3.8, 4) is 5.75 Å². The zero-order valence-electron chi connectivity index (χ0n) is 12.3. The van der Waals surface area contributed by atoms with Gasteiger partial charge in [-0.2, -0.15) is 0 Å². The molecule has 8 heteroatoms. The van der Waals surface area contributed by atoms with E-state index in [1.807, 2.05) is 0 Å². The third-order valence-electron chi connectivity index (χ3n) is 2.88. The van der Waals surface area contributed by atoms with Crippen LogP contribution < -0.4 is 15.6 Å². The molecule has 0 aromatic heterocycles. The second kappa shape index (κ2) is 8.78. The van der Waals surface area contributed by atoms with E-state index in [0.717, 1.165) is 0 Å². The fraction of sp³-hybridized carbons (Fsp3) is 0.125. The molecule has 0 aliphatic heterocycles. The van der Waals surface area contributed by atoms with E-state index in [1.54, 1.807) is 30.3 Å². The van der Waals surface area contributed by atoms with Crippen LogP contribution in [0, 0.1) is 0 Å². The van der Waals surface area contributed by atoms with Gasteiger partial charge in [0.05, 0.1) is 23.6 Å². The summed E-state index contributed by atoms with van der Waals surface area (Å²) in [4.78, 5) is 23.6. The van der Waals surface area contributed by atoms with Crippen molar-refractivity contribution in [2.75, 3.05) is 6.61 Å². The lowest BCUT2D eigenvalue weighted by molar-refractivity contribution is -0.122. The summed E-state index contributed by atoms with van der Waals surface area (Å²) in [5, 5.41) is 1.14. The van der Waals surface area contributed by atoms with Crippen LogP contribution in [0.1, 0.15) is 16.8 Å². The third-order valence-corrected chi connectivity index (χ3v) is 3.68. The summed E-state index contributed by atoms with van der Waals surface area (Å²) in [6.45, 7) is 0.139. The Bertz CT molecular complexity index is 753.